The summed E-state index contributed by atoms with van der Waals surface area (Å²) in [6, 6.07) is 6.21. The lowest BCUT2D eigenvalue weighted by atomic mass is 10.4. The van der Waals surface area contributed by atoms with Gasteiger partial charge in [-0.15, -0.1) is 0 Å². The van der Waals surface area contributed by atoms with Crippen LogP contribution in [-0.2, 0) is 4.74 Å². The number of ether oxygens (including phenoxy) is 1. The zero-order valence-electron chi connectivity index (χ0n) is 9.49. The Hall–Kier alpha value is -1.16. The van der Waals surface area contributed by atoms with Crippen molar-refractivity contribution >= 4 is 14.0 Å². The van der Waals surface area contributed by atoms with Gasteiger partial charge in [-0.25, -0.2) is 9.78 Å². The molecule has 0 fully saturated rings. The summed E-state index contributed by atoms with van der Waals surface area (Å²) in [6.07, 6.45) is 1.59. The minimum absolute atomic E-state index is 0.325. The topological polar surface area (TPSA) is 39.2 Å². The van der Waals surface area contributed by atoms with Gasteiger partial charge in [-0.2, -0.15) is 0 Å². The zero-order chi connectivity index (χ0) is 11.3. The van der Waals surface area contributed by atoms with E-state index in [0.29, 0.717) is 12.3 Å². The number of esters is 1. The second kappa shape index (κ2) is 5.07. The molecule has 0 aliphatic carbocycles. The van der Waals surface area contributed by atoms with Crippen molar-refractivity contribution < 1.29 is 9.53 Å². The fourth-order valence-electron chi connectivity index (χ4n) is 1.01. The number of rotatable bonds is 4. The molecule has 1 aromatic heterocycles. The number of carbonyl (C=O) groups excluding carboxylic acids is 1. The van der Waals surface area contributed by atoms with Gasteiger partial charge in [0.2, 0.25) is 0 Å². The summed E-state index contributed by atoms with van der Waals surface area (Å²) in [5.41, 5.74) is 0.382. The Morgan fingerprint density at radius 2 is 2.13 bits per heavy atom. The molecule has 0 N–H and O–H groups in total. The first-order valence-corrected chi connectivity index (χ1v) is 8.78. The highest BCUT2D eigenvalue weighted by molar-refractivity contribution is 6.76. The van der Waals surface area contributed by atoms with Crippen LogP contribution in [0, 0.1) is 0 Å². The second-order valence-corrected chi connectivity index (χ2v) is 10.3. The fraction of sp³-hybridized carbons (Fsp3) is 0.455. The van der Waals surface area contributed by atoms with Crippen molar-refractivity contribution in [3.8, 4) is 0 Å². The number of carbonyl (C=O) groups is 1. The summed E-state index contributed by atoms with van der Waals surface area (Å²) in [7, 11) is -1.12. The van der Waals surface area contributed by atoms with Crippen molar-refractivity contribution in [1.29, 1.82) is 0 Å². The molecule has 0 saturated heterocycles. The standard InChI is InChI=1S/C11H17NO2Si/c1-15(2,3)9-8-14-11(13)10-6-4-5-7-12-10/h4-7H,8-9H2,1-3H3. The van der Waals surface area contributed by atoms with Gasteiger partial charge in [-0.1, -0.05) is 25.7 Å². The third kappa shape index (κ3) is 4.74. The summed E-state index contributed by atoms with van der Waals surface area (Å²) in [6.45, 7) is 7.26. The van der Waals surface area contributed by atoms with Gasteiger partial charge in [0.05, 0.1) is 6.61 Å². The Kier molecular flexibility index (Phi) is 4.02. The van der Waals surface area contributed by atoms with Crippen molar-refractivity contribution in [1.82, 2.24) is 4.98 Å². The Bertz CT molecular complexity index is 319. The van der Waals surface area contributed by atoms with Crippen LogP contribution in [0.4, 0.5) is 0 Å². The number of aromatic nitrogens is 1. The highest BCUT2D eigenvalue weighted by atomic mass is 28.3. The summed E-state index contributed by atoms with van der Waals surface area (Å²) in [4.78, 5) is 15.4. The maximum atomic E-state index is 11.5. The van der Waals surface area contributed by atoms with E-state index in [0.717, 1.165) is 6.04 Å². The summed E-state index contributed by atoms with van der Waals surface area (Å²) in [5.74, 6) is -0.325. The molecule has 0 saturated carbocycles. The highest BCUT2D eigenvalue weighted by Crippen LogP contribution is 2.08. The molecule has 0 unspecified atom stereocenters. The van der Waals surface area contributed by atoms with Gasteiger partial charge in [-0.05, 0) is 18.2 Å². The molecule has 1 aromatic rings. The molecule has 0 aromatic carbocycles. The van der Waals surface area contributed by atoms with E-state index in [9.17, 15) is 4.79 Å². The van der Waals surface area contributed by atoms with Crippen LogP contribution in [0.15, 0.2) is 24.4 Å². The molecular formula is C11H17NO2Si. The van der Waals surface area contributed by atoms with Crippen LogP contribution in [0.25, 0.3) is 0 Å². The molecular weight excluding hydrogens is 206 g/mol. The summed E-state index contributed by atoms with van der Waals surface area (Å²) < 4.78 is 5.14. The Labute approximate surface area is 91.5 Å². The van der Waals surface area contributed by atoms with Gasteiger partial charge in [0, 0.05) is 14.3 Å². The highest BCUT2D eigenvalue weighted by Gasteiger charge is 2.14. The van der Waals surface area contributed by atoms with Gasteiger partial charge in [0.15, 0.2) is 0 Å². The number of pyridine rings is 1. The lowest BCUT2D eigenvalue weighted by molar-refractivity contribution is 0.0518. The molecule has 3 nitrogen and oxygen atoms in total. The van der Waals surface area contributed by atoms with E-state index in [4.69, 9.17) is 4.74 Å². The molecule has 0 aliphatic rings. The van der Waals surface area contributed by atoms with E-state index >= 15 is 0 Å². The zero-order valence-corrected chi connectivity index (χ0v) is 10.5. The third-order valence-electron chi connectivity index (χ3n) is 1.96. The molecule has 82 valence electrons. The predicted molar refractivity (Wildman–Crippen MR) is 62.7 cm³/mol. The van der Waals surface area contributed by atoms with Crippen molar-refractivity contribution in [2.24, 2.45) is 0 Å². The molecule has 0 aliphatic heterocycles. The first kappa shape index (κ1) is 11.9. The van der Waals surface area contributed by atoms with Crippen LogP contribution in [0.3, 0.4) is 0 Å². The molecule has 1 rings (SSSR count). The van der Waals surface area contributed by atoms with Crippen LogP contribution in [0.2, 0.25) is 25.7 Å². The first-order valence-electron chi connectivity index (χ1n) is 5.07. The van der Waals surface area contributed by atoms with Crippen LogP contribution in [0.1, 0.15) is 10.5 Å². The van der Waals surface area contributed by atoms with Gasteiger partial charge in [-0.3, -0.25) is 0 Å². The molecule has 0 spiro atoms. The van der Waals surface area contributed by atoms with Gasteiger partial charge in [0.25, 0.3) is 0 Å². The molecule has 0 radical (unpaired) electrons. The van der Waals surface area contributed by atoms with E-state index in [-0.39, 0.29) is 5.97 Å². The number of nitrogens with zero attached hydrogens (tertiary/aromatic N) is 1. The lowest BCUT2D eigenvalue weighted by Crippen LogP contribution is -2.22. The largest absolute Gasteiger partial charge is 0.461 e. The SMILES string of the molecule is C[Si](C)(C)CCOC(=O)c1ccccn1. The van der Waals surface area contributed by atoms with E-state index in [2.05, 4.69) is 24.6 Å². The monoisotopic (exact) mass is 223 g/mol. The van der Waals surface area contributed by atoms with Gasteiger partial charge < -0.3 is 4.74 Å². The van der Waals surface area contributed by atoms with Gasteiger partial charge >= 0.3 is 5.97 Å². The molecule has 0 bridgehead atoms. The molecule has 0 atom stereocenters. The van der Waals surface area contributed by atoms with Crippen molar-refractivity contribution in [2.75, 3.05) is 6.61 Å². The molecule has 4 heteroatoms. The lowest BCUT2D eigenvalue weighted by Gasteiger charge is -2.14. The Morgan fingerprint density at radius 1 is 1.40 bits per heavy atom. The first-order chi connectivity index (χ1) is 6.99. The second-order valence-electron chi connectivity index (χ2n) is 4.66. The minimum atomic E-state index is -1.12. The van der Waals surface area contributed by atoms with Crippen LogP contribution >= 0.6 is 0 Å². The molecule has 1 heterocycles. The van der Waals surface area contributed by atoms with Crippen molar-refractivity contribution in [3.63, 3.8) is 0 Å². The predicted octanol–water partition coefficient (Wildman–Crippen LogP) is 2.58. The van der Waals surface area contributed by atoms with E-state index in [1.54, 1.807) is 24.4 Å². The van der Waals surface area contributed by atoms with Crippen LogP contribution in [-0.4, -0.2) is 25.6 Å². The van der Waals surface area contributed by atoms with Crippen LogP contribution in [0.5, 0.6) is 0 Å². The van der Waals surface area contributed by atoms with E-state index in [1.165, 1.54) is 0 Å². The third-order valence-corrected chi connectivity index (χ3v) is 3.66. The Balaban J connectivity index is 2.38. The minimum Gasteiger partial charge on any atom is -0.461 e. The average Bonchev–Trinajstić information content (AvgIpc) is 2.17. The fourth-order valence-corrected chi connectivity index (χ4v) is 1.72. The number of hydrogen-bond donors (Lipinski definition) is 0. The van der Waals surface area contributed by atoms with Crippen LogP contribution < -0.4 is 0 Å². The maximum Gasteiger partial charge on any atom is 0.356 e. The molecule has 15 heavy (non-hydrogen) atoms. The smallest absolute Gasteiger partial charge is 0.356 e. The normalized spacial score (nSPS) is 11.1. The molecule has 0 amide bonds. The summed E-state index contributed by atoms with van der Waals surface area (Å²) in [5, 5.41) is 0. The van der Waals surface area contributed by atoms with Crippen molar-refractivity contribution in [2.45, 2.75) is 25.7 Å². The maximum absolute atomic E-state index is 11.5. The number of hydrogen-bond acceptors (Lipinski definition) is 3. The van der Waals surface area contributed by atoms with Crippen molar-refractivity contribution in [3.05, 3.63) is 30.1 Å². The average molecular weight is 223 g/mol. The quantitative estimate of drug-likeness (QED) is 0.582. The summed E-state index contributed by atoms with van der Waals surface area (Å²) >= 11 is 0. The van der Waals surface area contributed by atoms with Gasteiger partial charge in [0.1, 0.15) is 5.69 Å². The van der Waals surface area contributed by atoms with E-state index in [1.807, 2.05) is 0 Å². The Morgan fingerprint density at radius 3 is 2.67 bits per heavy atom. The van der Waals surface area contributed by atoms with E-state index < -0.39 is 8.07 Å².